The number of fused-ring (bicyclic) bond motifs is 1. The van der Waals surface area contributed by atoms with Crippen molar-refractivity contribution in [2.24, 2.45) is 5.41 Å². The van der Waals surface area contributed by atoms with Crippen molar-refractivity contribution in [3.8, 4) is 5.75 Å². The molecular formula is C18H25NO. The van der Waals surface area contributed by atoms with Crippen LogP contribution >= 0.6 is 0 Å². The second-order valence-corrected chi connectivity index (χ2v) is 6.47. The van der Waals surface area contributed by atoms with E-state index in [0.717, 1.165) is 12.3 Å². The molecule has 0 spiro atoms. The number of hydrogen-bond acceptors (Lipinski definition) is 2. The molecule has 0 fully saturated rings. The van der Waals surface area contributed by atoms with Gasteiger partial charge in [0.15, 0.2) is 0 Å². The van der Waals surface area contributed by atoms with Crippen LogP contribution in [0.2, 0.25) is 0 Å². The monoisotopic (exact) mass is 271 g/mol. The molecule has 0 saturated carbocycles. The summed E-state index contributed by atoms with van der Waals surface area (Å²) in [6, 6.07) is 15.1. The Morgan fingerprint density at radius 2 is 1.75 bits per heavy atom. The fourth-order valence-electron chi connectivity index (χ4n) is 2.13. The highest BCUT2D eigenvalue weighted by molar-refractivity contribution is 5.88. The van der Waals surface area contributed by atoms with Gasteiger partial charge in [0.05, 0.1) is 6.61 Å². The van der Waals surface area contributed by atoms with Gasteiger partial charge in [-0.2, -0.15) is 0 Å². The lowest BCUT2D eigenvalue weighted by Crippen LogP contribution is -2.37. The summed E-state index contributed by atoms with van der Waals surface area (Å²) in [5.41, 5.74) is 0.112. The highest BCUT2D eigenvalue weighted by Crippen LogP contribution is 2.27. The zero-order chi connectivity index (χ0) is 14.6. The molecule has 1 N–H and O–H groups in total. The standard InChI is InChI=1S/C18H25NO/c1-14(2)19-12-18(3,4)13-20-17-11-7-9-15-8-5-6-10-16(15)17/h5-11,14,19H,12-13H2,1-4H3. The molecule has 108 valence electrons. The molecule has 0 saturated heterocycles. The topological polar surface area (TPSA) is 21.3 Å². The summed E-state index contributed by atoms with van der Waals surface area (Å²) in [5, 5.41) is 5.89. The van der Waals surface area contributed by atoms with Crippen LogP contribution in [-0.2, 0) is 0 Å². The first-order chi connectivity index (χ1) is 9.48. The molecule has 0 aliphatic carbocycles. The minimum absolute atomic E-state index is 0.112. The molecule has 0 unspecified atom stereocenters. The summed E-state index contributed by atoms with van der Waals surface area (Å²) in [4.78, 5) is 0. The van der Waals surface area contributed by atoms with Gasteiger partial charge in [-0.25, -0.2) is 0 Å². The van der Waals surface area contributed by atoms with Gasteiger partial charge < -0.3 is 10.1 Å². The van der Waals surface area contributed by atoms with Crippen molar-refractivity contribution in [1.29, 1.82) is 0 Å². The van der Waals surface area contributed by atoms with E-state index in [1.807, 2.05) is 6.07 Å². The number of ether oxygens (including phenoxy) is 1. The van der Waals surface area contributed by atoms with Crippen LogP contribution < -0.4 is 10.1 Å². The highest BCUT2D eigenvalue weighted by Gasteiger charge is 2.19. The van der Waals surface area contributed by atoms with Crippen molar-refractivity contribution in [3.63, 3.8) is 0 Å². The molecule has 2 heteroatoms. The molecule has 0 aliphatic rings. The first kappa shape index (κ1) is 14.9. The maximum Gasteiger partial charge on any atom is 0.127 e. The van der Waals surface area contributed by atoms with Crippen LogP contribution in [0.15, 0.2) is 42.5 Å². The predicted octanol–water partition coefficient (Wildman–Crippen LogP) is 4.24. The molecular weight excluding hydrogens is 246 g/mol. The molecule has 0 atom stereocenters. The minimum atomic E-state index is 0.112. The van der Waals surface area contributed by atoms with E-state index >= 15 is 0 Å². The predicted molar refractivity (Wildman–Crippen MR) is 86.4 cm³/mol. The SMILES string of the molecule is CC(C)NCC(C)(C)COc1cccc2ccccc12. The minimum Gasteiger partial charge on any atom is -0.492 e. The molecule has 0 radical (unpaired) electrons. The molecule has 2 nitrogen and oxygen atoms in total. The van der Waals surface area contributed by atoms with Crippen LogP contribution in [-0.4, -0.2) is 19.2 Å². The average Bonchev–Trinajstić information content (AvgIpc) is 2.43. The molecule has 0 heterocycles. The maximum absolute atomic E-state index is 6.08. The Balaban J connectivity index is 2.05. The first-order valence-corrected chi connectivity index (χ1v) is 7.32. The van der Waals surface area contributed by atoms with Crippen molar-refractivity contribution in [2.45, 2.75) is 33.7 Å². The summed E-state index contributed by atoms with van der Waals surface area (Å²) in [6.07, 6.45) is 0. The van der Waals surface area contributed by atoms with E-state index in [0.29, 0.717) is 12.6 Å². The highest BCUT2D eigenvalue weighted by atomic mass is 16.5. The van der Waals surface area contributed by atoms with Crippen LogP contribution in [0.25, 0.3) is 10.8 Å². The quantitative estimate of drug-likeness (QED) is 0.848. The number of rotatable bonds is 6. The van der Waals surface area contributed by atoms with E-state index in [4.69, 9.17) is 4.74 Å². The van der Waals surface area contributed by atoms with E-state index in [1.54, 1.807) is 0 Å². The number of nitrogens with one attached hydrogen (secondary N) is 1. The zero-order valence-corrected chi connectivity index (χ0v) is 12.9. The van der Waals surface area contributed by atoms with Crippen LogP contribution in [0.1, 0.15) is 27.7 Å². The lowest BCUT2D eigenvalue weighted by Gasteiger charge is -2.26. The summed E-state index contributed by atoms with van der Waals surface area (Å²) in [6.45, 7) is 10.5. The van der Waals surface area contributed by atoms with Gasteiger partial charge >= 0.3 is 0 Å². The molecule has 0 aromatic heterocycles. The Morgan fingerprint density at radius 3 is 2.50 bits per heavy atom. The number of hydrogen-bond donors (Lipinski definition) is 1. The van der Waals surface area contributed by atoms with Gasteiger partial charge in [0.2, 0.25) is 0 Å². The Labute approximate surface area is 122 Å². The van der Waals surface area contributed by atoms with Crippen LogP contribution in [0.5, 0.6) is 5.75 Å². The molecule has 2 rings (SSSR count). The summed E-state index contributed by atoms with van der Waals surface area (Å²) < 4.78 is 6.08. The fraction of sp³-hybridized carbons (Fsp3) is 0.444. The second-order valence-electron chi connectivity index (χ2n) is 6.47. The average molecular weight is 271 g/mol. The fourth-order valence-corrected chi connectivity index (χ4v) is 2.13. The zero-order valence-electron chi connectivity index (χ0n) is 12.9. The van der Waals surface area contributed by atoms with E-state index < -0.39 is 0 Å². The molecule has 0 aliphatic heterocycles. The van der Waals surface area contributed by atoms with E-state index in [9.17, 15) is 0 Å². The summed E-state index contributed by atoms with van der Waals surface area (Å²) in [5.74, 6) is 0.973. The van der Waals surface area contributed by atoms with Gasteiger partial charge in [0, 0.05) is 23.4 Å². The van der Waals surface area contributed by atoms with Gasteiger partial charge in [-0.15, -0.1) is 0 Å². The molecule has 0 bridgehead atoms. The van der Waals surface area contributed by atoms with E-state index in [1.165, 1.54) is 10.8 Å². The van der Waals surface area contributed by atoms with Crippen LogP contribution in [0, 0.1) is 5.41 Å². The lowest BCUT2D eigenvalue weighted by molar-refractivity contribution is 0.175. The third-order valence-corrected chi connectivity index (χ3v) is 3.36. The van der Waals surface area contributed by atoms with E-state index in [2.05, 4.69) is 69.4 Å². The first-order valence-electron chi connectivity index (χ1n) is 7.32. The Kier molecular flexibility index (Phi) is 4.66. The van der Waals surface area contributed by atoms with Crippen molar-refractivity contribution in [3.05, 3.63) is 42.5 Å². The largest absolute Gasteiger partial charge is 0.492 e. The van der Waals surface area contributed by atoms with Crippen molar-refractivity contribution >= 4 is 10.8 Å². The molecule has 0 amide bonds. The second kappa shape index (κ2) is 6.27. The van der Waals surface area contributed by atoms with Gasteiger partial charge in [-0.1, -0.05) is 64.1 Å². The Hall–Kier alpha value is -1.54. The smallest absolute Gasteiger partial charge is 0.127 e. The van der Waals surface area contributed by atoms with Crippen molar-refractivity contribution in [1.82, 2.24) is 5.32 Å². The third kappa shape index (κ3) is 3.97. The third-order valence-electron chi connectivity index (χ3n) is 3.36. The maximum atomic E-state index is 6.08. The van der Waals surface area contributed by atoms with Gasteiger partial charge in [-0.05, 0) is 11.5 Å². The normalized spacial score (nSPS) is 12.1. The number of benzene rings is 2. The molecule has 2 aromatic carbocycles. The van der Waals surface area contributed by atoms with Crippen LogP contribution in [0.4, 0.5) is 0 Å². The lowest BCUT2D eigenvalue weighted by atomic mass is 9.94. The summed E-state index contributed by atoms with van der Waals surface area (Å²) in [7, 11) is 0. The van der Waals surface area contributed by atoms with Gasteiger partial charge in [0.1, 0.15) is 5.75 Å². The summed E-state index contributed by atoms with van der Waals surface area (Å²) >= 11 is 0. The van der Waals surface area contributed by atoms with Gasteiger partial charge in [-0.3, -0.25) is 0 Å². The molecule has 20 heavy (non-hydrogen) atoms. The molecule has 2 aromatic rings. The van der Waals surface area contributed by atoms with Crippen LogP contribution in [0.3, 0.4) is 0 Å². The van der Waals surface area contributed by atoms with Crippen molar-refractivity contribution in [2.75, 3.05) is 13.2 Å². The van der Waals surface area contributed by atoms with Gasteiger partial charge in [0.25, 0.3) is 0 Å². The van der Waals surface area contributed by atoms with E-state index in [-0.39, 0.29) is 5.41 Å². The Morgan fingerprint density at radius 1 is 1.05 bits per heavy atom. The Bertz CT molecular complexity index is 555. The van der Waals surface area contributed by atoms with Crippen molar-refractivity contribution < 1.29 is 4.74 Å².